The van der Waals surface area contributed by atoms with Gasteiger partial charge in [-0.3, -0.25) is 10.1 Å². The zero-order chi connectivity index (χ0) is 12.8. The van der Waals surface area contributed by atoms with Gasteiger partial charge in [0.05, 0.1) is 6.61 Å². The standard InChI is InChI=1S/C13H18ClNO2/c1-4-17-13(16)10(3)15-9(2)11-6-5-7-12(14)8-11/h5-10,15H,4H2,1-3H3. The highest BCUT2D eigenvalue weighted by atomic mass is 35.5. The fourth-order valence-corrected chi connectivity index (χ4v) is 1.78. The number of benzene rings is 1. The Morgan fingerprint density at radius 3 is 2.76 bits per heavy atom. The summed E-state index contributed by atoms with van der Waals surface area (Å²) < 4.78 is 4.94. The van der Waals surface area contributed by atoms with E-state index in [2.05, 4.69) is 5.32 Å². The molecule has 94 valence electrons. The Balaban J connectivity index is 2.60. The van der Waals surface area contributed by atoms with Crippen molar-refractivity contribution in [3.05, 3.63) is 34.9 Å². The fourth-order valence-electron chi connectivity index (χ4n) is 1.58. The second kappa shape index (κ2) is 6.62. The van der Waals surface area contributed by atoms with E-state index in [0.717, 1.165) is 5.56 Å². The number of hydrogen-bond acceptors (Lipinski definition) is 3. The molecule has 0 aliphatic rings. The third kappa shape index (κ3) is 4.36. The van der Waals surface area contributed by atoms with E-state index in [1.165, 1.54) is 0 Å². The van der Waals surface area contributed by atoms with E-state index in [1.54, 1.807) is 13.8 Å². The van der Waals surface area contributed by atoms with E-state index in [4.69, 9.17) is 16.3 Å². The molecule has 2 atom stereocenters. The first-order valence-electron chi connectivity index (χ1n) is 5.72. The lowest BCUT2D eigenvalue weighted by Crippen LogP contribution is -2.37. The van der Waals surface area contributed by atoms with Crippen LogP contribution in [0.3, 0.4) is 0 Å². The maximum atomic E-state index is 11.5. The van der Waals surface area contributed by atoms with E-state index in [0.29, 0.717) is 11.6 Å². The predicted octanol–water partition coefficient (Wildman–Crippen LogP) is 2.94. The SMILES string of the molecule is CCOC(=O)C(C)NC(C)c1cccc(Cl)c1. The molecule has 4 heteroatoms. The highest BCUT2D eigenvalue weighted by molar-refractivity contribution is 6.30. The normalized spacial score (nSPS) is 14.1. The first-order chi connectivity index (χ1) is 8.04. The lowest BCUT2D eigenvalue weighted by molar-refractivity contribution is -0.145. The van der Waals surface area contributed by atoms with Gasteiger partial charge in [-0.2, -0.15) is 0 Å². The largest absolute Gasteiger partial charge is 0.465 e. The molecule has 0 amide bonds. The van der Waals surface area contributed by atoms with Gasteiger partial charge in [0.15, 0.2) is 0 Å². The Kier molecular flexibility index (Phi) is 5.45. The molecule has 1 N–H and O–H groups in total. The van der Waals surface area contributed by atoms with Crippen LogP contribution in [0, 0.1) is 0 Å². The van der Waals surface area contributed by atoms with E-state index < -0.39 is 0 Å². The fraction of sp³-hybridized carbons (Fsp3) is 0.462. The molecule has 1 rings (SSSR count). The summed E-state index contributed by atoms with van der Waals surface area (Å²) in [6.45, 7) is 5.97. The van der Waals surface area contributed by atoms with Crippen LogP contribution in [-0.4, -0.2) is 18.6 Å². The minimum absolute atomic E-state index is 0.0492. The van der Waals surface area contributed by atoms with Crippen molar-refractivity contribution in [3.63, 3.8) is 0 Å². The monoisotopic (exact) mass is 255 g/mol. The lowest BCUT2D eigenvalue weighted by atomic mass is 10.1. The van der Waals surface area contributed by atoms with Gasteiger partial charge >= 0.3 is 5.97 Å². The number of esters is 1. The predicted molar refractivity (Wildman–Crippen MR) is 69.1 cm³/mol. The van der Waals surface area contributed by atoms with Crippen LogP contribution in [0.15, 0.2) is 24.3 Å². The molecule has 0 bridgehead atoms. The molecule has 0 saturated heterocycles. The topological polar surface area (TPSA) is 38.3 Å². The highest BCUT2D eigenvalue weighted by Gasteiger charge is 2.16. The van der Waals surface area contributed by atoms with Crippen molar-refractivity contribution in [2.75, 3.05) is 6.61 Å². The van der Waals surface area contributed by atoms with Crippen molar-refractivity contribution < 1.29 is 9.53 Å². The van der Waals surface area contributed by atoms with E-state index in [1.807, 2.05) is 31.2 Å². The van der Waals surface area contributed by atoms with Gasteiger partial charge < -0.3 is 4.74 Å². The van der Waals surface area contributed by atoms with Gasteiger partial charge in [-0.15, -0.1) is 0 Å². The maximum Gasteiger partial charge on any atom is 0.322 e. The summed E-state index contributed by atoms with van der Waals surface area (Å²) in [6.07, 6.45) is 0. The van der Waals surface area contributed by atoms with Crippen LogP contribution in [0.1, 0.15) is 32.4 Å². The second-order valence-corrected chi connectivity index (χ2v) is 4.35. The smallest absolute Gasteiger partial charge is 0.322 e. The molecular weight excluding hydrogens is 238 g/mol. The van der Waals surface area contributed by atoms with Crippen LogP contribution in [0.2, 0.25) is 5.02 Å². The van der Waals surface area contributed by atoms with Gasteiger partial charge in [-0.25, -0.2) is 0 Å². The summed E-state index contributed by atoms with van der Waals surface area (Å²) in [5.74, 6) is -0.235. The number of nitrogens with one attached hydrogen (secondary N) is 1. The van der Waals surface area contributed by atoms with E-state index in [9.17, 15) is 4.79 Å². The molecule has 1 aromatic carbocycles. The molecule has 2 unspecified atom stereocenters. The zero-order valence-corrected chi connectivity index (χ0v) is 11.1. The minimum atomic E-state index is -0.330. The summed E-state index contributed by atoms with van der Waals surface area (Å²) in [7, 11) is 0. The summed E-state index contributed by atoms with van der Waals surface area (Å²) >= 11 is 5.92. The van der Waals surface area contributed by atoms with Crippen molar-refractivity contribution in [1.29, 1.82) is 0 Å². The molecule has 0 saturated carbocycles. The maximum absolute atomic E-state index is 11.5. The average Bonchev–Trinajstić information content (AvgIpc) is 2.29. The average molecular weight is 256 g/mol. The Morgan fingerprint density at radius 2 is 2.18 bits per heavy atom. The third-order valence-electron chi connectivity index (χ3n) is 2.49. The van der Waals surface area contributed by atoms with Crippen LogP contribution in [-0.2, 0) is 9.53 Å². The number of carbonyl (C=O) groups is 1. The molecule has 3 nitrogen and oxygen atoms in total. The molecule has 0 fully saturated rings. The van der Waals surface area contributed by atoms with Crippen LogP contribution < -0.4 is 5.32 Å². The van der Waals surface area contributed by atoms with Crippen LogP contribution in [0.25, 0.3) is 0 Å². The number of carbonyl (C=O) groups excluding carboxylic acids is 1. The van der Waals surface area contributed by atoms with Crippen molar-refractivity contribution in [2.45, 2.75) is 32.9 Å². The van der Waals surface area contributed by atoms with Gasteiger partial charge in [0.25, 0.3) is 0 Å². The van der Waals surface area contributed by atoms with Crippen LogP contribution in [0.5, 0.6) is 0 Å². The summed E-state index contributed by atoms with van der Waals surface area (Å²) in [4.78, 5) is 11.5. The molecule has 0 aliphatic heterocycles. The third-order valence-corrected chi connectivity index (χ3v) is 2.72. The van der Waals surface area contributed by atoms with Gasteiger partial charge in [0, 0.05) is 11.1 Å². The van der Waals surface area contributed by atoms with Gasteiger partial charge in [-0.05, 0) is 38.5 Å². The Labute approximate surface area is 107 Å². The van der Waals surface area contributed by atoms with Gasteiger partial charge in [-0.1, -0.05) is 23.7 Å². The summed E-state index contributed by atoms with van der Waals surface area (Å²) in [5.41, 5.74) is 1.05. The minimum Gasteiger partial charge on any atom is -0.465 e. The van der Waals surface area contributed by atoms with Crippen molar-refractivity contribution >= 4 is 17.6 Å². The molecule has 0 aromatic heterocycles. The summed E-state index contributed by atoms with van der Waals surface area (Å²) in [5, 5.41) is 3.87. The Hall–Kier alpha value is -1.06. The van der Waals surface area contributed by atoms with Crippen molar-refractivity contribution in [3.8, 4) is 0 Å². The molecule has 17 heavy (non-hydrogen) atoms. The lowest BCUT2D eigenvalue weighted by Gasteiger charge is -2.19. The molecule has 0 spiro atoms. The molecule has 0 radical (unpaired) electrons. The second-order valence-electron chi connectivity index (χ2n) is 3.92. The number of rotatable bonds is 5. The van der Waals surface area contributed by atoms with Crippen molar-refractivity contribution in [2.24, 2.45) is 0 Å². The first kappa shape index (κ1) is 14.0. The van der Waals surface area contributed by atoms with Crippen LogP contribution >= 0.6 is 11.6 Å². The first-order valence-corrected chi connectivity index (χ1v) is 6.10. The molecule has 0 heterocycles. The highest BCUT2D eigenvalue weighted by Crippen LogP contribution is 2.17. The molecule has 1 aromatic rings. The number of ether oxygens (including phenoxy) is 1. The quantitative estimate of drug-likeness (QED) is 0.822. The van der Waals surface area contributed by atoms with Crippen molar-refractivity contribution in [1.82, 2.24) is 5.32 Å². The Morgan fingerprint density at radius 1 is 1.47 bits per heavy atom. The number of halogens is 1. The van der Waals surface area contributed by atoms with Crippen LogP contribution in [0.4, 0.5) is 0 Å². The van der Waals surface area contributed by atoms with E-state index in [-0.39, 0.29) is 18.1 Å². The zero-order valence-electron chi connectivity index (χ0n) is 10.4. The summed E-state index contributed by atoms with van der Waals surface area (Å²) in [6, 6.07) is 7.30. The molecule has 0 aliphatic carbocycles. The number of hydrogen-bond donors (Lipinski definition) is 1. The van der Waals surface area contributed by atoms with Gasteiger partial charge in [0.1, 0.15) is 6.04 Å². The Bertz CT molecular complexity index is 381. The molecular formula is C13H18ClNO2. The van der Waals surface area contributed by atoms with E-state index >= 15 is 0 Å². The van der Waals surface area contributed by atoms with Gasteiger partial charge in [0.2, 0.25) is 0 Å².